The highest BCUT2D eigenvalue weighted by Crippen LogP contribution is 2.22. The third kappa shape index (κ3) is 2.31. The molecule has 0 spiro atoms. The molecule has 0 aliphatic rings. The Balaban J connectivity index is 2.40. The summed E-state index contributed by atoms with van der Waals surface area (Å²) in [5.74, 6) is 0.423. The third-order valence-corrected chi connectivity index (χ3v) is 2.87. The fourth-order valence-electron chi connectivity index (χ4n) is 1.94. The van der Waals surface area contributed by atoms with E-state index in [0.717, 1.165) is 5.69 Å². The normalized spacial score (nSPS) is 10.0. The molecule has 1 aromatic carbocycles. The van der Waals surface area contributed by atoms with Crippen molar-refractivity contribution >= 4 is 17.4 Å². The molecule has 1 heterocycles. The van der Waals surface area contributed by atoms with E-state index in [0.29, 0.717) is 11.4 Å². The number of benzene rings is 1. The van der Waals surface area contributed by atoms with Crippen LogP contribution >= 0.6 is 0 Å². The van der Waals surface area contributed by atoms with Crippen LogP contribution in [0.1, 0.15) is 16.1 Å². The van der Waals surface area contributed by atoms with Gasteiger partial charge in [0, 0.05) is 26.2 Å². The maximum Gasteiger partial charge on any atom is 0.397 e. The minimum atomic E-state index is -0.253. The van der Waals surface area contributed by atoms with Crippen molar-refractivity contribution in [3.05, 3.63) is 46.6 Å². The number of diazo groups is 1. The van der Waals surface area contributed by atoms with E-state index in [1.807, 2.05) is 13.0 Å². The molecule has 0 radical (unpaired) electrons. The molecule has 0 saturated heterocycles. The largest absolute Gasteiger partial charge is 0.397 e. The molecule has 6 nitrogen and oxygen atoms in total. The van der Waals surface area contributed by atoms with Crippen LogP contribution in [0.25, 0.3) is 4.98 Å². The molecule has 0 aliphatic heterocycles. The lowest BCUT2D eigenvalue weighted by molar-refractivity contribution is 0.0992. The Bertz CT molecular complexity index is 668. The first-order chi connectivity index (χ1) is 9.04. The van der Waals surface area contributed by atoms with Gasteiger partial charge in [0.25, 0.3) is 5.91 Å². The summed E-state index contributed by atoms with van der Waals surface area (Å²) < 4.78 is 1.63. The first-order valence-electron chi connectivity index (χ1n) is 5.77. The van der Waals surface area contributed by atoms with Gasteiger partial charge in [-0.05, 0) is 13.0 Å². The molecular weight excluding hydrogens is 242 g/mol. The Kier molecular flexibility index (Phi) is 3.29. The van der Waals surface area contributed by atoms with Gasteiger partial charge in [-0.3, -0.25) is 14.4 Å². The van der Waals surface area contributed by atoms with Crippen molar-refractivity contribution in [2.45, 2.75) is 6.92 Å². The van der Waals surface area contributed by atoms with E-state index < -0.39 is 0 Å². The molecule has 0 atom stereocenters. The molecule has 0 aliphatic carbocycles. The number of carbonyl (C=O) groups is 1. The van der Waals surface area contributed by atoms with Gasteiger partial charge in [-0.2, -0.15) is 5.10 Å². The highest BCUT2D eigenvalue weighted by Gasteiger charge is 2.24. The summed E-state index contributed by atoms with van der Waals surface area (Å²) in [6, 6.07) is 8.45. The molecule has 0 fully saturated rings. The summed E-state index contributed by atoms with van der Waals surface area (Å²) >= 11 is 0. The van der Waals surface area contributed by atoms with Crippen molar-refractivity contribution in [2.24, 2.45) is 7.05 Å². The first-order valence-corrected chi connectivity index (χ1v) is 5.77. The Morgan fingerprint density at radius 1 is 1.42 bits per heavy atom. The van der Waals surface area contributed by atoms with Gasteiger partial charge in [0.05, 0.1) is 5.69 Å². The fourth-order valence-corrected chi connectivity index (χ4v) is 1.94. The molecule has 19 heavy (non-hydrogen) atoms. The number of nitrogens with zero attached hydrogens (tertiary/aromatic N) is 5. The Morgan fingerprint density at radius 3 is 2.68 bits per heavy atom. The predicted molar refractivity (Wildman–Crippen MR) is 71.9 cm³/mol. The molecule has 1 aromatic heterocycles. The fraction of sp³-hybridized carbons (Fsp3) is 0.231. The number of amides is 1. The lowest BCUT2D eigenvalue weighted by Crippen LogP contribution is -2.28. The quantitative estimate of drug-likeness (QED) is 0.775. The average Bonchev–Trinajstić information content (AvgIpc) is 2.76. The minimum absolute atomic E-state index is 0.248. The van der Waals surface area contributed by atoms with Crippen LogP contribution in [0.5, 0.6) is 0 Å². The zero-order valence-corrected chi connectivity index (χ0v) is 11.0. The van der Waals surface area contributed by atoms with E-state index in [9.17, 15) is 4.79 Å². The van der Waals surface area contributed by atoms with Crippen molar-refractivity contribution in [3.63, 3.8) is 0 Å². The molecule has 0 bridgehead atoms. The number of aryl methyl sites for hydroxylation is 2. The molecule has 2 aromatic rings. The second kappa shape index (κ2) is 4.90. The van der Waals surface area contributed by atoms with E-state index in [2.05, 4.69) is 10.1 Å². The lowest BCUT2D eigenvalue weighted by atomic mass is 10.1. The maximum absolute atomic E-state index is 12.4. The number of carbonyl (C=O) groups excluding carboxylic acids is 1. The van der Waals surface area contributed by atoms with E-state index in [1.54, 1.807) is 43.0 Å². The van der Waals surface area contributed by atoms with Crippen molar-refractivity contribution in [1.82, 2.24) is 9.78 Å². The molecular formula is C13H14N5O+. The molecule has 2 rings (SSSR count). The average molecular weight is 256 g/mol. The smallest absolute Gasteiger partial charge is 0.296 e. The second-order valence-corrected chi connectivity index (χ2v) is 4.25. The van der Waals surface area contributed by atoms with Crippen molar-refractivity contribution in [1.29, 1.82) is 5.39 Å². The van der Waals surface area contributed by atoms with Gasteiger partial charge in [-0.25, -0.2) is 0 Å². The van der Waals surface area contributed by atoms with E-state index in [-0.39, 0.29) is 11.6 Å². The molecule has 1 amide bonds. The van der Waals surface area contributed by atoms with E-state index in [4.69, 9.17) is 5.39 Å². The van der Waals surface area contributed by atoms with Crippen LogP contribution in [0.2, 0.25) is 0 Å². The van der Waals surface area contributed by atoms with Gasteiger partial charge in [-0.15, -0.1) is 0 Å². The van der Waals surface area contributed by atoms with Crippen LogP contribution in [0, 0.1) is 12.3 Å². The van der Waals surface area contributed by atoms with Crippen LogP contribution < -0.4 is 4.90 Å². The van der Waals surface area contributed by atoms with Crippen LogP contribution in [0.4, 0.5) is 11.5 Å². The van der Waals surface area contributed by atoms with Crippen molar-refractivity contribution < 1.29 is 4.79 Å². The zero-order chi connectivity index (χ0) is 14.0. The summed E-state index contributed by atoms with van der Waals surface area (Å²) in [4.78, 5) is 17.0. The number of hydrogen-bond donors (Lipinski definition) is 0. The summed E-state index contributed by atoms with van der Waals surface area (Å²) in [6.07, 6.45) is 0. The van der Waals surface area contributed by atoms with Crippen molar-refractivity contribution in [3.8, 4) is 0 Å². The van der Waals surface area contributed by atoms with Gasteiger partial charge in [0.15, 0.2) is 4.98 Å². The SMILES string of the molecule is Cc1cc(N(C)C(=O)c2ccccc2[N+]#N)n(C)n1. The number of hydrogen-bond acceptors (Lipinski definition) is 3. The van der Waals surface area contributed by atoms with Gasteiger partial charge < -0.3 is 0 Å². The molecule has 96 valence electrons. The Labute approximate surface area is 110 Å². The number of rotatable bonds is 2. The summed E-state index contributed by atoms with van der Waals surface area (Å²) in [7, 11) is 3.43. The zero-order valence-electron chi connectivity index (χ0n) is 11.0. The predicted octanol–water partition coefficient (Wildman–Crippen LogP) is 2.49. The van der Waals surface area contributed by atoms with Gasteiger partial charge in [-0.1, -0.05) is 12.1 Å². The second-order valence-electron chi connectivity index (χ2n) is 4.25. The molecule has 0 unspecified atom stereocenters. The highest BCUT2D eigenvalue weighted by molar-refractivity contribution is 6.09. The summed E-state index contributed by atoms with van der Waals surface area (Å²) in [5.41, 5.74) is 1.42. The third-order valence-electron chi connectivity index (χ3n) is 2.87. The maximum atomic E-state index is 12.4. The van der Waals surface area contributed by atoms with Crippen LogP contribution in [-0.4, -0.2) is 22.7 Å². The highest BCUT2D eigenvalue weighted by atomic mass is 16.2. The van der Waals surface area contributed by atoms with Gasteiger partial charge in [0.1, 0.15) is 11.4 Å². The standard InChI is InChI=1S/C13H14N5O/c1-9-8-12(18(3)16-9)17(2)13(19)10-6-4-5-7-11(10)15-14/h4-8H,1-3H3/q+1. The molecule has 0 saturated carbocycles. The lowest BCUT2D eigenvalue weighted by Gasteiger charge is -2.15. The topological polar surface area (TPSA) is 66.3 Å². The number of aromatic nitrogens is 2. The van der Waals surface area contributed by atoms with Gasteiger partial charge in [0.2, 0.25) is 5.39 Å². The Morgan fingerprint density at radius 2 is 2.11 bits per heavy atom. The minimum Gasteiger partial charge on any atom is -0.296 e. The van der Waals surface area contributed by atoms with Gasteiger partial charge >= 0.3 is 5.69 Å². The van der Waals surface area contributed by atoms with Crippen molar-refractivity contribution in [2.75, 3.05) is 11.9 Å². The van der Waals surface area contributed by atoms with Crippen LogP contribution in [0.15, 0.2) is 30.3 Å². The monoisotopic (exact) mass is 256 g/mol. The van der Waals surface area contributed by atoms with Crippen LogP contribution in [-0.2, 0) is 7.05 Å². The van der Waals surface area contributed by atoms with Crippen LogP contribution in [0.3, 0.4) is 0 Å². The summed E-state index contributed by atoms with van der Waals surface area (Å²) in [6.45, 7) is 1.86. The molecule has 6 heteroatoms. The van der Waals surface area contributed by atoms with E-state index >= 15 is 0 Å². The molecule has 0 N–H and O–H groups in total. The number of anilines is 1. The summed E-state index contributed by atoms with van der Waals surface area (Å²) in [5, 5.41) is 13.1. The Hall–Kier alpha value is -2.68. The first kappa shape index (κ1) is 12.8. The van der Waals surface area contributed by atoms with E-state index in [1.165, 1.54) is 4.90 Å².